The van der Waals surface area contributed by atoms with Crippen LogP contribution in [-0.4, -0.2) is 47.2 Å². The van der Waals surface area contributed by atoms with Gasteiger partial charge in [0.25, 0.3) is 0 Å². The molecular formula is C20H21F3N4O3. The van der Waals surface area contributed by atoms with Gasteiger partial charge in [-0.05, 0) is 17.7 Å². The minimum atomic E-state index is -4.83. The largest absolute Gasteiger partial charge is 0.573 e. The molecule has 0 spiro atoms. The van der Waals surface area contributed by atoms with Crippen LogP contribution in [0.4, 0.5) is 13.2 Å². The second-order valence-electron chi connectivity index (χ2n) is 6.77. The standard InChI is InChI=1S/C20H21F3N4O3/c21-20(22,23)30-17-6-2-1-5-15(17)12-26-18(28)10-16-19(29)25-8-9-27(16)13-14-4-3-7-24-11-14/h1-7,11,16H,8-10,12-13H2,(H,25,29)(H,26,28). The van der Waals surface area contributed by atoms with Gasteiger partial charge in [0.1, 0.15) is 5.75 Å². The number of pyridine rings is 1. The van der Waals surface area contributed by atoms with E-state index in [1.165, 1.54) is 18.2 Å². The van der Waals surface area contributed by atoms with E-state index in [1.54, 1.807) is 24.5 Å². The van der Waals surface area contributed by atoms with E-state index >= 15 is 0 Å². The molecule has 0 aliphatic carbocycles. The number of alkyl halides is 3. The Hall–Kier alpha value is -3.14. The molecule has 3 rings (SSSR count). The number of halogens is 3. The van der Waals surface area contributed by atoms with Gasteiger partial charge in [-0.2, -0.15) is 0 Å². The lowest BCUT2D eigenvalue weighted by Crippen LogP contribution is -2.56. The topological polar surface area (TPSA) is 83.6 Å². The van der Waals surface area contributed by atoms with Crippen LogP contribution < -0.4 is 15.4 Å². The van der Waals surface area contributed by atoms with E-state index in [9.17, 15) is 22.8 Å². The number of para-hydroxylation sites is 1. The molecule has 0 saturated carbocycles. The fourth-order valence-corrected chi connectivity index (χ4v) is 3.22. The summed E-state index contributed by atoms with van der Waals surface area (Å²) in [5.41, 5.74) is 1.10. The quantitative estimate of drug-likeness (QED) is 0.713. The number of amides is 2. The van der Waals surface area contributed by atoms with Crippen molar-refractivity contribution in [2.24, 2.45) is 0 Å². The summed E-state index contributed by atoms with van der Waals surface area (Å²) in [6.07, 6.45) is -1.60. The minimum absolute atomic E-state index is 0.117. The van der Waals surface area contributed by atoms with Crippen LogP contribution in [0.5, 0.6) is 5.75 Å². The van der Waals surface area contributed by atoms with Crippen LogP contribution in [0, 0.1) is 0 Å². The Morgan fingerprint density at radius 2 is 2.07 bits per heavy atom. The van der Waals surface area contributed by atoms with Crippen LogP contribution in [0.15, 0.2) is 48.8 Å². The number of hydrogen-bond donors (Lipinski definition) is 2. The summed E-state index contributed by atoms with van der Waals surface area (Å²) in [5, 5.41) is 5.31. The number of piperazine rings is 1. The van der Waals surface area contributed by atoms with Gasteiger partial charge in [-0.3, -0.25) is 19.5 Å². The molecular weight excluding hydrogens is 401 g/mol. The molecule has 30 heavy (non-hydrogen) atoms. The average Bonchev–Trinajstić information content (AvgIpc) is 2.69. The van der Waals surface area contributed by atoms with E-state index in [4.69, 9.17) is 0 Å². The highest BCUT2D eigenvalue weighted by molar-refractivity contribution is 5.88. The molecule has 0 radical (unpaired) electrons. The van der Waals surface area contributed by atoms with Gasteiger partial charge in [-0.1, -0.05) is 24.3 Å². The summed E-state index contributed by atoms with van der Waals surface area (Å²) >= 11 is 0. The van der Waals surface area contributed by atoms with Crippen LogP contribution in [0.3, 0.4) is 0 Å². The molecule has 2 amide bonds. The Bertz CT molecular complexity index is 877. The van der Waals surface area contributed by atoms with Crippen molar-refractivity contribution in [2.45, 2.75) is 31.9 Å². The molecule has 1 unspecified atom stereocenters. The van der Waals surface area contributed by atoms with Crippen LogP contribution >= 0.6 is 0 Å². The highest BCUT2D eigenvalue weighted by Gasteiger charge is 2.33. The smallest absolute Gasteiger partial charge is 0.405 e. The number of carbonyl (C=O) groups excluding carboxylic acids is 2. The lowest BCUT2D eigenvalue weighted by atomic mass is 10.1. The van der Waals surface area contributed by atoms with E-state index in [1.807, 2.05) is 11.0 Å². The van der Waals surface area contributed by atoms with Crippen molar-refractivity contribution < 1.29 is 27.5 Å². The number of aromatic nitrogens is 1. The van der Waals surface area contributed by atoms with Crippen molar-refractivity contribution in [1.82, 2.24) is 20.5 Å². The number of ether oxygens (including phenoxy) is 1. The van der Waals surface area contributed by atoms with E-state index < -0.39 is 18.3 Å². The molecule has 1 fully saturated rings. The molecule has 10 heteroatoms. The van der Waals surface area contributed by atoms with Crippen molar-refractivity contribution >= 4 is 11.8 Å². The summed E-state index contributed by atoms with van der Waals surface area (Å²) in [6.45, 7) is 1.35. The first-order valence-electron chi connectivity index (χ1n) is 9.33. The maximum Gasteiger partial charge on any atom is 0.573 e. The fraction of sp³-hybridized carbons (Fsp3) is 0.350. The molecule has 1 aromatic heterocycles. The predicted octanol–water partition coefficient (Wildman–Crippen LogP) is 1.99. The lowest BCUT2D eigenvalue weighted by molar-refractivity contribution is -0.274. The SMILES string of the molecule is O=C(CC1C(=O)NCCN1Cc1cccnc1)NCc1ccccc1OC(F)(F)F. The second kappa shape index (κ2) is 9.57. The van der Waals surface area contributed by atoms with Crippen LogP contribution in [0.25, 0.3) is 0 Å². The Kier molecular flexibility index (Phi) is 6.88. The molecule has 1 saturated heterocycles. The van der Waals surface area contributed by atoms with Crippen LogP contribution in [0.2, 0.25) is 0 Å². The van der Waals surface area contributed by atoms with Crippen molar-refractivity contribution in [3.63, 3.8) is 0 Å². The number of hydrogen-bond acceptors (Lipinski definition) is 5. The van der Waals surface area contributed by atoms with E-state index in [0.717, 1.165) is 5.56 Å². The number of benzene rings is 1. The summed E-state index contributed by atoms with van der Waals surface area (Å²) in [6, 6.07) is 8.57. The van der Waals surface area contributed by atoms with Crippen molar-refractivity contribution in [2.75, 3.05) is 13.1 Å². The molecule has 1 aliphatic rings. The van der Waals surface area contributed by atoms with E-state index in [0.29, 0.717) is 19.6 Å². The third kappa shape index (κ3) is 6.18. The third-order valence-corrected chi connectivity index (χ3v) is 4.60. The Morgan fingerprint density at radius 3 is 2.80 bits per heavy atom. The summed E-state index contributed by atoms with van der Waals surface area (Å²) in [5.74, 6) is -1.09. The van der Waals surface area contributed by atoms with Gasteiger partial charge in [-0.25, -0.2) is 0 Å². The van der Waals surface area contributed by atoms with Gasteiger partial charge in [0.15, 0.2) is 0 Å². The summed E-state index contributed by atoms with van der Waals surface area (Å²) in [4.78, 5) is 30.7. The highest BCUT2D eigenvalue weighted by atomic mass is 19.4. The van der Waals surface area contributed by atoms with Gasteiger partial charge in [0, 0.05) is 44.1 Å². The zero-order chi connectivity index (χ0) is 21.6. The summed E-state index contributed by atoms with van der Waals surface area (Å²) < 4.78 is 41.6. The highest BCUT2D eigenvalue weighted by Crippen LogP contribution is 2.26. The van der Waals surface area contributed by atoms with Gasteiger partial charge < -0.3 is 15.4 Å². The molecule has 0 bridgehead atoms. The Morgan fingerprint density at radius 1 is 1.27 bits per heavy atom. The molecule has 7 nitrogen and oxygen atoms in total. The Balaban J connectivity index is 1.61. The van der Waals surface area contributed by atoms with Crippen molar-refractivity contribution in [1.29, 1.82) is 0 Å². The van der Waals surface area contributed by atoms with Crippen LogP contribution in [-0.2, 0) is 22.7 Å². The monoisotopic (exact) mass is 422 g/mol. The number of rotatable bonds is 7. The van der Waals surface area contributed by atoms with E-state index in [2.05, 4.69) is 20.4 Å². The Labute approximate surface area is 171 Å². The minimum Gasteiger partial charge on any atom is -0.405 e. The van der Waals surface area contributed by atoms with Crippen molar-refractivity contribution in [3.8, 4) is 5.75 Å². The number of carbonyl (C=O) groups is 2. The van der Waals surface area contributed by atoms with E-state index in [-0.39, 0.29) is 30.2 Å². The first kappa shape index (κ1) is 21.6. The molecule has 160 valence electrons. The van der Waals surface area contributed by atoms with Gasteiger partial charge in [0.2, 0.25) is 11.8 Å². The van der Waals surface area contributed by atoms with Crippen LogP contribution in [0.1, 0.15) is 17.5 Å². The molecule has 2 heterocycles. The maximum atomic E-state index is 12.5. The number of nitrogens with one attached hydrogen (secondary N) is 2. The molecule has 1 aromatic carbocycles. The molecule has 2 N–H and O–H groups in total. The number of nitrogens with zero attached hydrogens (tertiary/aromatic N) is 2. The molecule has 2 aromatic rings. The first-order valence-corrected chi connectivity index (χ1v) is 9.33. The fourth-order valence-electron chi connectivity index (χ4n) is 3.22. The van der Waals surface area contributed by atoms with Gasteiger partial charge in [-0.15, -0.1) is 13.2 Å². The average molecular weight is 422 g/mol. The van der Waals surface area contributed by atoms with Gasteiger partial charge >= 0.3 is 6.36 Å². The zero-order valence-corrected chi connectivity index (χ0v) is 16.0. The lowest BCUT2D eigenvalue weighted by Gasteiger charge is -2.34. The second-order valence-corrected chi connectivity index (χ2v) is 6.77. The van der Waals surface area contributed by atoms with Gasteiger partial charge in [0.05, 0.1) is 12.5 Å². The zero-order valence-electron chi connectivity index (χ0n) is 16.0. The predicted molar refractivity (Wildman–Crippen MR) is 101 cm³/mol. The van der Waals surface area contributed by atoms with Crippen molar-refractivity contribution in [3.05, 3.63) is 59.9 Å². The first-order chi connectivity index (χ1) is 14.3. The maximum absolute atomic E-state index is 12.5. The summed E-state index contributed by atoms with van der Waals surface area (Å²) in [7, 11) is 0. The molecule has 1 atom stereocenters. The normalized spacial score (nSPS) is 17.3. The molecule has 1 aliphatic heterocycles. The third-order valence-electron chi connectivity index (χ3n) is 4.60.